The van der Waals surface area contributed by atoms with Gasteiger partial charge in [-0.3, -0.25) is 4.79 Å². The van der Waals surface area contributed by atoms with Gasteiger partial charge in [-0.15, -0.1) is 0 Å². The molecule has 0 aliphatic carbocycles. The van der Waals surface area contributed by atoms with Gasteiger partial charge >= 0.3 is 0 Å². The highest BCUT2D eigenvalue weighted by Crippen LogP contribution is 2.30. The summed E-state index contributed by atoms with van der Waals surface area (Å²) in [5, 5.41) is 6.82. The van der Waals surface area contributed by atoms with Crippen LogP contribution in [0.15, 0.2) is 42.5 Å². The quantitative estimate of drug-likeness (QED) is 0.807. The van der Waals surface area contributed by atoms with Gasteiger partial charge in [0.25, 0.3) is 5.91 Å². The normalized spacial score (nSPS) is 10.2. The Morgan fingerprint density at radius 2 is 1.71 bits per heavy atom. The van der Waals surface area contributed by atoms with Crippen molar-refractivity contribution in [3.8, 4) is 0 Å². The lowest BCUT2D eigenvalue weighted by molar-refractivity contribution is 0.102. The molecule has 5 heteroatoms. The molecule has 0 saturated heterocycles. The van der Waals surface area contributed by atoms with Crippen molar-refractivity contribution in [3.63, 3.8) is 0 Å². The van der Waals surface area contributed by atoms with E-state index in [1.54, 1.807) is 24.3 Å². The molecule has 0 aliphatic heterocycles. The zero-order chi connectivity index (χ0) is 15.2. The number of para-hydroxylation sites is 2. The van der Waals surface area contributed by atoms with Gasteiger partial charge in [-0.25, -0.2) is 0 Å². The van der Waals surface area contributed by atoms with E-state index >= 15 is 0 Å². The van der Waals surface area contributed by atoms with Gasteiger partial charge in [0.05, 0.1) is 21.3 Å². The molecule has 110 valence electrons. The molecule has 1 amide bonds. The summed E-state index contributed by atoms with van der Waals surface area (Å²) in [6, 6.07) is 12.4. The van der Waals surface area contributed by atoms with Crippen molar-refractivity contribution < 1.29 is 4.79 Å². The number of rotatable bonds is 5. The monoisotopic (exact) mass is 322 g/mol. The van der Waals surface area contributed by atoms with Crippen molar-refractivity contribution >= 4 is 40.5 Å². The number of benzene rings is 2. The van der Waals surface area contributed by atoms with Crippen LogP contribution < -0.4 is 10.6 Å². The number of nitrogens with one attached hydrogen (secondary N) is 2. The first-order chi connectivity index (χ1) is 10.1. The first-order valence-corrected chi connectivity index (χ1v) is 7.47. The third kappa shape index (κ3) is 3.90. The van der Waals surface area contributed by atoms with E-state index in [1.807, 2.05) is 18.2 Å². The van der Waals surface area contributed by atoms with Gasteiger partial charge in [0.2, 0.25) is 0 Å². The van der Waals surface area contributed by atoms with Crippen LogP contribution in [0, 0.1) is 0 Å². The maximum Gasteiger partial charge on any atom is 0.257 e. The Balaban J connectivity index is 2.25. The van der Waals surface area contributed by atoms with Gasteiger partial charge in [0, 0.05) is 12.2 Å². The second-order valence-electron chi connectivity index (χ2n) is 4.52. The van der Waals surface area contributed by atoms with Crippen LogP contribution in [-0.2, 0) is 0 Å². The van der Waals surface area contributed by atoms with Crippen LogP contribution in [0.2, 0.25) is 10.0 Å². The van der Waals surface area contributed by atoms with E-state index in [9.17, 15) is 4.79 Å². The van der Waals surface area contributed by atoms with E-state index in [-0.39, 0.29) is 5.91 Å². The highest BCUT2D eigenvalue weighted by Gasteiger charge is 2.14. The average Bonchev–Trinajstić information content (AvgIpc) is 2.49. The lowest BCUT2D eigenvalue weighted by atomic mass is 10.1. The molecule has 0 aliphatic rings. The van der Waals surface area contributed by atoms with Crippen LogP contribution in [0.1, 0.15) is 23.7 Å². The number of hydrogen-bond acceptors (Lipinski definition) is 2. The molecule has 0 aromatic heterocycles. The Morgan fingerprint density at radius 1 is 1.05 bits per heavy atom. The molecule has 3 nitrogen and oxygen atoms in total. The van der Waals surface area contributed by atoms with E-state index in [0.717, 1.165) is 18.7 Å². The molecular weight excluding hydrogens is 307 g/mol. The number of carbonyl (C=O) groups is 1. The van der Waals surface area contributed by atoms with E-state index in [1.165, 1.54) is 0 Å². The highest BCUT2D eigenvalue weighted by molar-refractivity contribution is 6.40. The molecule has 0 unspecified atom stereocenters. The fourth-order valence-corrected chi connectivity index (χ4v) is 2.38. The summed E-state index contributed by atoms with van der Waals surface area (Å²) < 4.78 is 0. The maximum absolute atomic E-state index is 12.4. The minimum Gasteiger partial charge on any atom is -0.384 e. The largest absolute Gasteiger partial charge is 0.384 e. The van der Waals surface area contributed by atoms with Crippen molar-refractivity contribution in [1.82, 2.24) is 0 Å². The van der Waals surface area contributed by atoms with Crippen LogP contribution in [0.25, 0.3) is 0 Å². The topological polar surface area (TPSA) is 41.1 Å². The number of anilines is 2. The molecule has 0 radical (unpaired) electrons. The Kier molecular flexibility index (Phi) is 5.48. The molecular formula is C16H16Cl2N2O. The van der Waals surface area contributed by atoms with Crippen molar-refractivity contribution in [1.29, 1.82) is 0 Å². The summed E-state index contributed by atoms with van der Waals surface area (Å²) in [7, 11) is 0. The molecule has 21 heavy (non-hydrogen) atoms. The first kappa shape index (κ1) is 15.7. The Labute approximate surface area is 134 Å². The van der Waals surface area contributed by atoms with Crippen molar-refractivity contribution in [2.75, 3.05) is 17.2 Å². The van der Waals surface area contributed by atoms with Gasteiger partial charge in [-0.05, 0) is 30.7 Å². The summed E-state index contributed by atoms with van der Waals surface area (Å²) in [6.07, 6.45) is 0.978. The lowest BCUT2D eigenvalue weighted by Crippen LogP contribution is -2.15. The third-order valence-corrected chi connectivity index (χ3v) is 3.57. The summed E-state index contributed by atoms with van der Waals surface area (Å²) >= 11 is 12.1. The fourth-order valence-electron chi connectivity index (χ4n) is 1.89. The van der Waals surface area contributed by atoms with E-state index in [2.05, 4.69) is 17.6 Å². The molecule has 0 spiro atoms. The Hall–Kier alpha value is -1.71. The predicted molar refractivity (Wildman–Crippen MR) is 89.6 cm³/mol. The fraction of sp³-hybridized carbons (Fsp3) is 0.188. The first-order valence-electron chi connectivity index (χ1n) is 6.71. The van der Waals surface area contributed by atoms with Crippen molar-refractivity contribution in [2.45, 2.75) is 13.3 Å². The standard InChI is InChI=1S/C16H16Cl2N2O/c1-2-10-19-14-9-4-3-6-11(14)16(21)20-15-12(17)7-5-8-13(15)18/h3-9,19H,2,10H2,1H3,(H,20,21). The molecule has 0 atom stereocenters. The summed E-state index contributed by atoms with van der Waals surface area (Å²) in [6.45, 7) is 2.87. The Bertz CT molecular complexity index is 624. The van der Waals surface area contributed by atoms with Crippen LogP contribution in [0.3, 0.4) is 0 Å². The lowest BCUT2D eigenvalue weighted by Gasteiger charge is -2.13. The smallest absolute Gasteiger partial charge is 0.257 e. The number of carbonyl (C=O) groups excluding carboxylic acids is 1. The van der Waals surface area contributed by atoms with E-state index in [4.69, 9.17) is 23.2 Å². The second-order valence-corrected chi connectivity index (χ2v) is 5.34. The van der Waals surface area contributed by atoms with E-state index in [0.29, 0.717) is 21.3 Å². The predicted octanol–water partition coefficient (Wildman–Crippen LogP) is 5.07. The van der Waals surface area contributed by atoms with Gasteiger partial charge in [-0.1, -0.05) is 48.3 Å². The SMILES string of the molecule is CCCNc1ccccc1C(=O)Nc1c(Cl)cccc1Cl. The third-order valence-electron chi connectivity index (χ3n) is 2.94. The van der Waals surface area contributed by atoms with Gasteiger partial charge in [0.1, 0.15) is 0 Å². The van der Waals surface area contributed by atoms with Gasteiger partial charge in [0.15, 0.2) is 0 Å². The van der Waals surface area contributed by atoms with Crippen molar-refractivity contribution in [3.05, 3.63) is 58.1 Å². The van der Waals surface area contributed by atoms with Crippen LogP contribution in [0.4, 0.5) is 11.4 Å². The molecule has 2 rings (SSSR count). The highest BCUT2D eigenvalue weighted by atomic mass is 35.5. The van der Waals surface area contributed by atoms with Crippen LogP contribution >= 0.6 is 23.2 Å². The molecule has 0 heterocycles. The number of halogens is 2. The minimum atomic E-state index is -0.246. The molecule has 0 bridgehead atoms. The molecule has 2 aromatic rings. The molecule has 0 fully saturated rings. The second kappa shape index (κ2) is 7.34. The van der Waals surface area contributed by atoms with Crippen LogP contribution in [-0.4, -0.2) is 12.5 Å². The number of amides is 1. The van der Waals surface area contributed by atoms with Crippen molar-refractivity contribution in [2.24, 2.45) is 0 Å². The number of hydrogen-bond donors (Lipinski definition) is 2. The summed E-state index contributed by atoms with van der Waals surface area (Å²) in [4.78, 5) is 12.4. The summed E-state index contributed by atoms with van der Waals surface area (Å²) in [5.74, 6) is -0.246. The van der Waals surface area contributed by atoms with E-state index < -0.39 is 0 Å². The Morgan fingerprint density at radius 3 is 2.38 bits per heavy atom. The zero-order valence-electron chi connectivity index (χ0n) is 11.6. The minimum absolute atomic E-state index is 0.246. The van der Waals surface area contributed by atoms with Gasteiger partial charge in [-0.2, -0.15) is 0 Å². The summed E-state index contributed by atoms with van der Waals surface area (Å²) in [5.41, 5.74) is 1.78. The molecule has 2 aromatic carbocycles. The van der Waals surface area contributed by atoms with Crippen LogP contribution in [0.5, 0.6) is 0 Å². The zero-order valence-corrected chi connectivity index (χ0v) is 13.1. The maximum atomic E-state index is 12.4. The van der Waals surface area contributed by atoms with Gasteiger partial charge < -0.3 is 10.6 Å². The molecule has 2 N–H and O–H groups in total. The molecule has 0 saturated carbocycles. The average molecular weight is 323 g/mol.